The van der Waals surface area contributed by atoms with Crippen LogP contribution in [0.25, 0.3) is 28.2 Å². The zero-order chi connectivity index (χ0) is 28.7. The number of thiocarbonyl (C=S) groups is 1. The van der Waals surface area contributed by atoms with Crippen molar-refractivity contribution in [1.29, 1.82) is 0 Å². The van der Waals surface area contributed by atoms with Gasteiger partial charge in [0.15, 0.2) is 5.82 Å². The van der Waals surface area contributed by atoms with Gasteiger partial charge >= 0.3 is 0 Å². The second-order valence-corrected chi connectivity index (χ2v) is 13.8. The summed E-state index contributed by atoms with van der Waals surface area (Å²) in [5.74, 6) is 1.16. The molecule has 0 unspecified atom stereocenters. The van der Waals surface area contributed by atoms with Gasteiger partial charge in [-0.25, -0.2) is 12.9 Å². The molecule has 0 bridgehead atoms. The average molecular weight is 612 g/mol. The molecule has 0 aliphatic carbocycles. The Labute approximate surface area is 251 Å². The molecule has 2 aromatic heterocycles. The van der Waals surface area contributed by atoms with Crippen molar-refractivity contribution < 1.29 is 13.2 Å². The largest absolute Gasteiger partial charge is 0.379 e. The second-order valence-electron chi connectivity index (χ2n) is 11.0. The minimum absolute atomic E-state index is 0.266. The highest BCUT2D eigenvalue weighted by atomic mass is 35.5. The van der Waals surface area contributed by atoms with Crippen LogP contribution in [0, 0.1) is 5.92 Å². The Balaban J connectivity index is 1.53. The minimum atomic E-state index is -3.65. The highest BCUT2D eigenvalue weighted by Crippen LogP contribution is 2.39. The van der Waals surface area contributed by atoms with Crippen LogP contribution in [-0.4, -0.2) is 64.7 Å². The smallest absolute Gasteiger partial charge is 0.243 e. The third-order valence-corrected chi connectivity index (χ3v) is 10.2. The number of morpholine rings is 1. The fourth-order valence-electron chi connectivity index (χ4n) is 5.70. The van der Waals surface area contributed by atoms with Gasteiger partial charge in [0, 0.05) is 47.9 Å². The molecule has 2 aliphatic heterocycles. The zero-order valence-electron chi connectivity index (χ0n) is 23.3. The SMILES string of the molecule is CC(C)CNC(=S)c1c(-c2ccc(Cl)cc2)c2c3n(c(-c4cccc(S(=O)(=O)N5CCOCC5)c4)nn13)CCCC2. The van der Waals surface area contributed by atoms with Gasteiger partial charge in [0.1, 0.15) is 16.3 Å². The van der Waals surface area contributed by atoms with E-state index in [1.807, 2.05) is 34.8 Å². The van der Waals surface area contributed by atoms with E-state index in [0.29, 0.717) is 42.2 Å². The van der Waals surface area contributed by atoms with E-state index in [0.717, 1.165) is 66.2 Å². The maximum Gasteiger partial charge on any atom is 0.243 e. The third kappa shape index (κ3) is 5.32. The molecule has 1 saturated heterocycles. The number of ether oxygens (including phenoxy) is 1. The molecule has 0 radical (unpaired) electrons. The standard InChI is InChI=1S/C30H34ClN5O3S2/c1-20(2)19-32-29(40)27-26(21-9-11-23(31)12-10-21)25-8-3-4-13-35-28(33-36(27)30(25)35)22-6-5-7-24(18-22)41(37,38)34-14-16-39-17-15-34/h5-7,9-12,18,20H,3-4,8,13-17,19H2,1-2H3,(H,32,40). The van der Waals surface area contributed by atoms with E-state index in [4.69, 9.17) is 33.7 Å². The van der Waals surface area contributed by atoms with Crippen molar-refractivity contribution in [2.45, 2.75) is 44.6 Å². The lowest BCUT2D eigenvalue weighted by molar-refractivity contribution is 0.0730. The molecule has 216 valence electrons. The first-order valence-electron chi connectivity index (χ1n) is 14.1. The molecule has 6 rings (SSSR count). The van der Waals surface area contributed by atoms with Gasteiger partial charge in [0.05, 0.1) is 18.1 Å². The number of aryl methyl sites for hydroxylation is 2. The summed E-state index contributed by atoms with van der Waals surface area (Å²) < 4.78 is 38.0. The van der Waals surface area contributed by atoms with Crippen LogP contribution >= 0.6 is 23.8 Å². The Morgan fingerprint density at radius 1 is 1.07 bits per heavy atom. The van der Waals surface area contributed by atoms with Crippen molar-refractivity contribution >= 4 is 44.5 Å². The monoisotopic (exact) mass is 611 g/mol. The predicted octanol–water partition coefficient (Wildman–Crippen LogP) is 5.40. The predicted molar refractivity (Wildman–Crippen MR) is 166 cm³/mol. The molecule has 4 heterocycles. The lowest BCUT2D eigenvalue weighted by atomic mass is 9.98. The van der Waals surface area contributed by atoms with Gasteiger partial charge in [-0.15, -0.1) is 5.10 Å². The Bertz CT molecular complexity index is 1700. The number of hydrogen-bond donors (Lipinski definition) is 1. The van der Waals surface area contributed by atoms with Crippen molar-refractivity contribution in [2.24, 2.45) is 5.92 Å². The third-order valence-electron chi connectivity index (χ3n) is 7.70. The molecule has 0 saturated carbocycles. The van der Waals surface area contributed by atoms with Crippen LogP contribution in [-0.2, 0) is 27.7 Å². The van der Waals surface area contributed by atoms with E-state index in [9.17, 15) is 8.42 Å². The molecule has 11 heteroatoms. The maximum atomic E-state index is 13.5. The Morgan fingerprint density at radius 2 is 1.83 bits per heavy atom. The van der Waals surface area contributed by atoms with E-state index in [1.54, 1.807) is 18.2 Å². The van der Waals surface area contributed by atoms with E-state index in [-0.39, 0.29) is 4.90 Å². The highest BCUT2D eigenvalue weighted by molar-refractivity contribution is 7.89. The van der Waals surface area contributed by atoms with E-state index >= 15 is 0 Å². The normalized spacial score (nSPS) is 16.3. The number of nitrogens with zero attached hydrogens (tertiary/aromatic N) is 4. The lowest BCUT2D eigenvalue weighted by Crippen LogP contribution is -2.40. The second kappa shape index (κ2) is 11.5. The van der Waals surface area contributed by atoms with Crippen molar-refractivity contribution in [3.8, 4) is 22.5 Å². The van der Waals surface area contributed by atoms with E-state index in [1.165, 1.54) is 9.87 Å². The highest BCUT2D eigenvalue weighted by Gasteiger charge is 2.31. The van der Waals surface area contributed by atoms with Crippen LogP contribution < -0.4 is 5.32 Å². The van der Waals surface area contributed by atoms with Gasteiger partial charge in [-0.1, -0.05) is 61.9 Å². The van der Waals surface area contributed by atoms with Crippen molar-refractivity contribution in [2.75, 3.05) is 32.8 Å². The van der Waals surface area contributed by atoms with Gasteiger partial charge in [-0.05, 0) is 55.0 Å². The topological polar surface area (TPSA) is 80.9 Å². The number of halogens is 1. The molecule has 2 aliphatic rings. The maximum absolute atomic E-state index is 13.5. The lowest BCUT2D eigenvalue weighted by Gasteiger charge is -2.26. The fraction of sp³-hybridized carbons (Fsp3) is 0.400. The van der Waals surface area contributed by atoms with Gasteiger partial charge in [0.25, 0.3) is 0 Å². The molecular weight excluding hydrogens is 578 g/mol. The Morgan fingerprint density at radius 3 is 2.56 bits per heavy atom. The average Bonchev–Trinajstić information content (AvgIpc) is 3.40. The summed E-state index contributed by atoms with van der Waals surface area (Å²) >= 11 is 12.3. The van der Waals surface area contributed by atoms with Gasteiger partial charge in [-0.3, -0.25) is 0 Å². The van der Waals surface area contributed by atoms with Crippen LogP contribution in [0.2, 0.25) is 5.02 Å². The van der Waals surface area contributed by atoms with Crippen molar-refractivity contribution in [1.82, 2.24) is 23.8 Å². The van der Waals surface area contributed by atoms with Crippen LogP contribution in [0.4, 0.5) is 0 Å². The van der Waals surface area contributed by atoms with E-state index < -0.39 is 10.0 Å². The number of rotatable bonds is 7. The molecule has 4 aromatic rings. The summed E-state index contributed by atoms with van der Waals surface area (Å²) in [6.45, 7) is 7.34. The molecule has 2 aromatic carbocycles. The fourth-order valence-corrected chi connectivity index (χ4v) is 7.55. The van der Waals surface area contributed by atoms with Crippen LogP contribution in [0.15, 0.2) is 53.4 Å². The number of aromatic nitrogens is 3. The zero-order valence-corrected chi connectivity index (χ0v) is 25.7. The molecule has 0 spiro atoms. The van der Waals surface area contributed by atoms with E-state index in [2.05, 4.69) is 23.7 Å². The molecule has 0 amide bonds. The summed E-state index contributed by atoms with van der Waals surface area (Å²) in [5, 5.41) is 9.28. The summed E-state index contributed by atoms with van der Waals surface area (Å²) in [6, 6.07) is 15.0. The number of nitrogens with one attached hydrogen (secondary N) is 1. The van der Waals surface area contributed by atoms with Gasteiger partial charge in [0.2, 0.25) is 10.0 Å². The molecule has 1 fully saturated rings. The summed E-state index contributed by atoms with van der Waals surface area (Å²) in [4.78, 5) is 0.910. The van der Waals surface area contributed by atoms with Crippen molar-refractivity contribution in [3.63, 3.8) is 0 Å². The molecule has 0 atom stereocenters. The molecular formula is C30H34ClN5O3S2. The molecule has 1 N–H and O–H groups in total. The summed E-state index contributed by atoms with van der Waals surface area (Å²) in [7, 11) is -3.65. The first kappa shape index (κ1) is 28.4. The molecule has 8 nitrogen and oxygen atoms in total. The van der Waals surface area contributed by atoms with Crippen LogP contribution in [0.5, 0.6) is 0 Å². The first-order chi connectivity index (χ1) is 19.8. The van der Waals surface area contributed by atoms with Crippen LogP contribution in [0.3, 0.4) is 0 Å². The number of hydrogen-bond acceptors (Lipinski definition) is 5. The summed E-state index contributed by atoms with van der Waals surface area (Å²) in [5.41, 5.74) is 5.95. The Kier molecular flexibility index (Phi) is 7.95. The number of benzene rings is 2. The first-order valence-corrected chi connectivity index (χ1v) is 16.3. The summed E-state index contributed by atoms with van der Waals surface area (Å²) in [6.07, 6.45) is 2.91. The van der Waals surface area contributed by atoms with Gasteiger partial charge < -0.3 is 14.6 Å². The van der Waals surface area contributed by atoms with Crippen molar-refractivity contribution in [3.05, 3.63) is 64.8 Å². The van der Waals surface area contributed by atoms with Crippen LogP contribution in [0.1, 0.15) is 37.9 Å². The molecule has 41 heavy (non-hydrogen) atoms. The quantitative estimate of drug-likeness (QED) is 0.282. The Hall–Kier alpha value is -2.76. The van der Waals surface area contributed by atoms with Gasteiger partial charge in [-0.2, -0.15) is 4.31 Å². The number of sulfonamides is 1. The minimum Gasteiger partial charge on any atom is -0.379 e.